The van der Waals surface area contributed by atoms with Crippen molar-refractivity contribution in [3.05, 3.63) is 54.2 Å². The summed E-state index contributed by atoms with van der Waals surface area (Å²) in [5, 5.41) is 0.928. The molecule has 26 heavy (non-hydrogen) atoms. The zero-order valence-electron chi connectivity index (χ0n) is 14.5. The summed E-state index contributed by atoms with van der Waals surface area (Å²) in [6.07, 6.45) is 1.81. The molecule has 9 heteroatoms. The molecule has 0 aliphatic heterocycles. The van der Waals surface area contributed by atoms with Gasteiger partial charge in [-0.25, -0.2) is 21.1 Å². The Morgan fingerprint density at radius 1 is 0.923 bits per heavy atom. The van der Waals surface area contributed by atoms with Gasteiger partial charge in [-0.2, -0.15) is 0 Å². The van der Waals surface area contributed by atoms with Crippen molar-refractivity contribution in [2.24, 2.45) is 0 Å². The molecule has 138 valence electrons. The van der Waals surface area contributed by atoms with Crippen LogP contribution in [-0.2, 0) is 20.0 Å². The summed E-state index contributed by atoms with van der Waals surface area (Å²) in [4.78, 5) is 3.07. The van der Waals surface area contributed by atoms with Crippen LogP contribution in [0.1, 0.15) is 5.56 Å². The Morgan fingerprint density at radius 2 is 1.54 bits per heavy atom. The molecule has 0 atom stereocenters. The predicted molar refractivity (Wildman–Crippen MR) is 101 cm³/mol. The topological polar surface area (TPSA) is 99.3 Å². The van der Waals surface area contributed by atoms with E-state index in [0.29, 0.717) is 11.2 Å². The van der Waals surface area contributed by atoms with Crippen LogP contribution in [0.4, 0.5) is 5.69 Å². The zero-order valence-corrected chi connectivity index (χ0v) is 16.1. The first-order valence-electron chi connectivity index (χ1n) is 7.75. The summed E-state index contributed by atoms with van der Waals surface area (Å²) >= 11 is 0. The number of fused-ring (bicyclic) bond motifs is 1. The Kier molecular flexibility index (Phi) is 4.55. The molecule has 2 N–H and O–H groups in total. The molecule has 3 aromatic rings. The standard InChI is InChI=1S/C17H19N3O4S2/c1-12-11-18-17-15(12)5-4-6-16(17)19-25(21,22)13-7-9-14(10-8-13)26(23,24)20(2)3/h4-11,18-19H,1-3H3. The molecule has 2 aromatic carbocycles. The maximum Gasteiger partial charge on any atom is 0.261 e. The van der Waals surface area contributed by atoms with Crippen molar-refractivity contribution in [3.8, 4) is 0 Å². The van der Waals surface area contributed by atoms with Crippen molar-refractivity contribution in [1.29, 1.82) is 0 Å². The number of H-pyrrole nitrogens is 1. The van der Waals surface area contributed by atoms with Crippen LogP contribution in [0.25, 0.3) is 10.9 Å². The van der Waals surface area contributed by atoms with Crippen molar-refractivity contribution < 1.29 is 16.8 Å². The minimum Gasteiger partial charge on any atom is -0.359 e. The SMILES string of the molecule is Cc1c[nH]c2c(NS(=O)(=O)c3ccc(S(=O)(=O)N(C)C)cc3)cccc12. The highest BCUT2D eigenvalue weighted by Crippen LogP contribution is 2.27. The lowest BCUT2D eigenvalue weighted by Gasteiger charge is -2.12. The first-order chi connectivity index (χ1) is 12.1. The molecule has 0 aliphatic carbocycles. The Hall–Kier alpha value is -2.36. The van der Waals surface area contributed by atoms with Gasteiger partial charge in [0, 0.05) is 25.7 Å². The van der Waals surface area contributed by atoms with Crippen molar-refractivity contribution in [2.45, 2.75) is 16.7 Å². The number of aryl methyl sites for hydroxylation is 1. The third-order valence-corrected chi connectivity index (χ3v) is 7.29. The molecule has 0 saturated heterocycles. The predicted octanol–water partition coefficient (Wildman–Crippen LogP) is 2.53. The summed E-state index contributed by atoms with van der Waals surface area (Å²) in [6, 6.07) is 10.5. The molecule has 0 amide bonds. The van der Waals surface area contributed by atoms with Gasteiger partial charge < -0.3 is 4.98 Å². The molecule has 7 nitrogen and oxygen atoms in total. The number of para-hydroxylation sites is 1. The summed E-state index contributed by atoms with van der Waals surface area (Å²) in [6.45, 7) is 1.93. The van der Waals surface area contributed by atoms with Crippen LogP contribution >= 0.6 is 0 Å². The fraction of sp³-hybridized carbons (Fsp3) is 0.176. The van der Waals surface area contributed by atoms with Gasteiger partial charge in [-0.15, -0.1) is 0 Å². The second kappa shape index (κ2) is 6.42. The number of aromatic nitrogens is 1. The van der Waals surface area contributed by atoms with Crippen LogP contribution in [0, 0.1) is 6.92 Å². The molecule has 0 radical (unpaired) electrons. The zero-order chi connectivity index (χ0) is 19.1. The van der Waals surface area contributed by atoms with Gasteiger partial charge in [0.2, 0.25) is 10.0 Å². The van der Waals surface area contributed by atoms with Crippen molar-refractivity contribution >= 4 is 36.6 Å². The molecular formula is C17H19N3O4S2. The number of nitrogens with one attached hydrogen (secondary N) is 2. The average molecular weight is 393 g/mol. The van der Waals surface area contributed by atoms with E-state index in [9.17, 15) is 16.8 Å². The second-order valence-corrected chi connectivity index (χ2v) is 9.90. The average Bonchev–Trinajstić information content (AvgIpc) is 2.97. The Morgan fingerprint density at radius 3 is 2.15 bits per heavy atom. The molecule has 0 unspecified atom stereocenters. The molecule has 0 fully saturated rings. The smallest absolute Gasteiger partial charge is 0.261 e. The van der Waals surface area contributed by atoms with Gasteiger partial charge in [0.15, 0.2) is 0 Å². The maximum atomic E-state index is 12.7. The lowest BCUT2D eigenvalue weighted by Crippen LogP contribution is -2.22. The van der Waals surface area contributed by atoms with Crippen molar-refractivity contribution in [2.75, 3.05) is 18.8 Å². The molecule has 0 spiro atoms. The number of nitrogens with zero attached hydrogens (tertiary/aromatic N) is 1. The summed E-state index contributed by atoms with van der Waals surface area (Å²) < 4.78 is 53.1. The molecular weight excluding hydrogens is 374 g/mol. The van der Waals surface area contributed by atoms with E-state index in [-0.39, 0.29) is 9.79 Å². The summed E-state index contributed by atoms with van der Waals surface area (Å²) in [5.74, 6) is 0. The van der Waals surface area contributed by atoms with Crippen LogP contribution in [0.2, 0.25) is 0 Å². The molecule has 3 rings (SSSR count). The van der Waals surface area contributed by atoms with E-state index in [2.05, 4.69) is 9.71 Å². The highest BCUT2D eigenvalue weighted by Gasteiger charge is 2.20. The molecule has 0 saturated carbocycles. The monoisotopic (exact) mass is 393 g/mol. The third-order valence-electron chi connectivity index (χ3n) is 4.08. The number of rotatable bonds is 5. The fourth-order valence-electron chi connectivity index (χ4n) is 2.58. The van der Waals surface area contributed by atoms with Crippen LogP contribution in [0.15, 0.2) is 58.5 Å². The van der Waals surface area contributed by atoms with Gasteiger partial charge in [0.1, 0.15) is 0 Å². The van der Waals surface area contributed by atoms with Gasteiger partial charge >= 0.3 is 0 Å². The van der Waals surface area contributed by atoms with E-state index < -0.39 is 20.0 Å². The summed E-state index contributed by atoms with van der Waals surface area (Å²) in [5.41, 5.74) is 2.14. The lowest BCUT2D eigenvalue weighted by molar-refractivity contribution is 0.520. The van der Waals surface area contributed by atoms with Gasteiger partial charge in [0.25, 0.3) is 10.0 Å². The van der Waals surface area contributed by atoms with Crippen molar-refractivity contribution in [3.63, 3.8) is 0 Å². The quantitative estimate of drug-likeness (QED) is 0.696. The van der Waals surface area contributed by atoms with Crippen molar-refractivity contribution in [1.82, 2.24) is 9.29 Å². The normalized spacial score (nSPS) is 12.6. The molecule has 0 bridgehead atoms. The number of hydrogen-bond donors (Lipinski definition) is 2. The Labute approximate surface area is 152 Å². The van der Waals surface area contributed by atoms with E-state index in [1.54, 1.807) is 12.1 Å². The molecule has 1 heterocycles. The first kappa shape index (κ1) is 18.4. The first-order valence-corrected chi connectivity index (χ1v) is 10.7. The number of sulfonamides is 2. The van der Waals surface area contributed by atoms with Gasteiger partial charge in [-0.3, -0.25) is 4.72 Å². The molecule has 0 aliphatic rings. The van der Waals surface area contributed by atoms with Crippen LogP contribution in [0.3, 0.4) is 0 Å². The molecule has 1 aromatic heterocycles. The van der Waals surface area contributed by atoms with E-state index in [1.807, 2.05) is 19.2 Å². The van der Waals surface area contributed by atoms with Gasteiger partial charge in [0.05, 0.1) is 21.0 Å². The highest BCUT2D eigenvalue weighted by atomic mass is 32.2. The van der Waals surface area contributed by atoms with E-state index in [4.69, 9.17) is 0 Å². The maximum absolute atomic E-state index is 12.7. The van der Waals surface area contributed by atoms with Gasteiger partial charge in [-0.1, -0.05) is 12.1 Å². The minimum atomic E-state index is -3.86. The van der Waals surface area contributed by atoms with E-state index in [1.165, 1.54) is 38.4 Å². The number of hydrogen-bond acceptors (Lipinski definition) is 4. The van der Waals surface area contributed by atoms with E-state index in [0.717, 1.165) is 15.3 Å². The largest absolute Gasteiger partial charge is 0.359 e. The lowest BCUT2D eigenvalue weighted by atomic mass is 10.2. The minimum absolute atomic E-state index is 0.0181. The number of aromatic amines is 1. The second-order valence-electron chi connectivity index (χ2n) is 6.06. The van der Waals surface area contributed by atoms with E-state index >= 15 is 0 Å². The van der Waals surface area contributed by atoms with Crippen LogP contribution < -0.4 is 4.72 Å². The number of benzene rings is 2. The Bertz CT molecular complexity index is 1160. The summed E-state index contributed by atoms with van der Waals surface area (Å²) in [7, 11) is -4.63. The third kappa shape index (κ3) is 3.20. The van der Waals surface area contributed by atoms with Crippen LogP contribution in [-0.4, -0.2) is 40.2 Å². The Balaban J connectivity index is 1.96. The highest BCUT2D eigenvalue weighted by molar-refractivity contribution is 7.92. The fourth-order valence-corrected chi connectivity index (χ4v) is 4.56. The number of anilines is 1. The van der Waals surface area contributed by atoms with Crippen LogP contribution in [0.5, 0.6) is 0 Å². The van der Waals surface area contributed by atoms with Gasteiger partial charge in [-0.05, 0) is 42.8 Å².